The highest BCUT2D eigenvalue weighted by Gasteiger charge is 2.24. The first-order valence-corrected chi connectivity index (χ1v) is 5.98. The Kier molecular flexibility index (Phi) is 3.14. The van der Waals surface area contributed by atoms with Crippen LogP contribution in [-0.4, -0.2) is 12.6 Å². The summed E-state index contributed by atoms with van der Waals surface area (Å²) >= 11 is 0. The molecular formula is C14H18N2. The first kappa shape index (κ1) is 11.0. The highest BCUT2D eigenvalue weighted by molar-refractivity contribution is 5.60. The van der Waals surface area contributed by atoms with Crippen LogP contribution in [0.15, 0.2) is 24.3 Å². The third-order valence-corrected chi connectivity index (χ3v) is 3.45. The van der Waals surface area contributed by atoms with E-state index >= 15 is 0 Å². The van der Waals surface area contributed by atoms with Gasteiger partial charge in [-0.1, -0.05) is 19.1 Å². The van der Waals surface area contributed by atoms with E-state index in [-0.39, 0.29) is 0 Å². The normalized spacial score (nSPS) is 25.2. The van der Waals surface area contributed by atoms with Gasteiger partial charge in [-0.05, 0) is 37.8 Å². The summed E-state index contributed by atoms with van der Waals surface area (Å²) in [6, 6.07) is 10.7. The van der Waals surface area contributed by atoms with E-state index in [0.29, 0.717) is 6.04 Å². The number of benzene rings is 1. The third kappa shape index (κ3) is 2.04. The van der Waals surface area contributed by atoms with Crippen molar-refractivity contribution in [2.45, 2.75) is 32.7 Å². The molecule has 2 atom stereocenters. The van der Waals surface area contributed by atoms with Gasteiger partial charge in [-0.25, -0.2) is 0 Å². The fourth-order valence-corrected chi connectivity index (χ4v) is 2.44. The number of nitrogens with zero attached hydrogens (tertiary/aromatic N) is 2. The molecule has 2 unspecified atom stereocenters. The van der Waals surface area contributed by atoms with Gasteiger partial charge in [0.05, 0.1) is 11.3 Å². The summed E-state index contributed by atoms with van der Waals surface area (Å²) in [7, 11) is 0. The van der Waals surface area contributed by atoms with Crippen molar-refractivity contribution >= 4 is 5.69 Å². The van der Waals surface area contributed by atoms with Crippen molar-refractivity contribution in [1.82, 2.24) is 0 Å². The molecule has 1 heterocycles. The highest BCUT2D eigenvalue weighted by atomic mass is 15.2. The van der Waals surface area contributed by atoms with Crippen molar-refractivity contribution in [3.8, 4) is 6.07 Å². The minimum atomic E-state index is 0.547. The molecule has 0 aromatic heterocycles. The lowest BCUT2D eigenvalue weighted by molar-refractivity contribution is 0.390. The van der Waals surface area contributed by atoms with Crippen LogP contribution < -0.4 is 4.90 Å². The molecule has 1 saturated heterocycles. The van der Waals surface area contributed by atoms with E-state index in [4.69, 9.17) is 5.26 Å². The predicted molar refractivity (Wildman–Crippen MR) is 66.4 cm³/mol. The standard InChI is InChI=1S/C14H18N2/c1-11-7-8-12(2)16(10-11)14-6-4-3-5-13(14)9-15/h3-6,11-12H,7-8,10H2,1-2H3. The first-order chi connectivity index (χ1) is 7.72. The van der Waals surface area contributed by atoms with Crippen molar-refractivity contribution in [2.75, 3.05) is 11.4 Å². The van der Waals surface area contributed by atoms with E-state index in [1.165, 1.54) is 12.8 Å². The average Bonchev–Trinajstić information content (AvgIpc) is 2.32. The predicted octanol–water partition coefficient (Wildman–Crippen LogP) is 3.18. The Bertz CT molecular complexity index is 405. The maximum absolute atomic E-state index is 9.12. The van der Waals surface area contributed by atoms with Crippen LogP contribution in [0.5, 0.6) is 0 Å². The number of hydrogen-bond acceptors (Lipinski definition) is 2. The fraction of sp³-hybridized carbons (Fsp3) is 0.500. The van der Waals surface area contributed by atoms with Crippen molar-refractivity contribution in [1.29, 1.82) is 5.26 Å². The van der Waals surface area contributed by atoms with Crippen LogP contribution in [0.2, 0.25) is 0 Å². The van der Waals surface area contributed by atoms with Gasteiger partial charge in [0, 0.05) is 12.6 Å². The maximum Gasteiger partial charge on any atom is 0.101 e. The van der Waals surface area contributed by atoms with Crippen LogP contribution in [0.3, 0.4) is 0 Å². The second-order valence-electron chi connectivity index (χ2n) is 4.81. The molecule has 0 amide bonds. The zero-order valence-corrected chi connectivity index (χ0v) is 9.98. The molecule has 16 heavy (non-hydrogen) atoms. The molecule has 0 aliphatic carbocycles. The summed E-state index contributed by atoms with van der Waals surface area (Å²) in [5.74, 6) is 0.725. The molecule has 0 saturated carbocycles. The number of para-hydroxylation sites is 1. The van der Waals surface area contributed by atoms with Crippen molar-refractivity contribution in [3.05, 3.63) is 29.8 Å². The minimum absolute atomic E-state index is 0.547. The number of piperidine rings is 1. The van der Waals surface area contributed by atoms with Gasteiger partial charge in [-0.15, -0.1) is 0 Å². The highest BCUT2D eigenvalue weighted by Crippen LogP contribution is 2.29. The van der Waals surface area contributed by atoms with Gasteiger partial charge in [-0.3, -0.25) is 0 Å². The second-order valence-corrected chi connectivity index (χ2v) is 4.81. The minimum Gasteiger partial charge on any atom is -0.367 e. The summed E-state index contributed by atoms with van der Waals surface area (Å²) in [6.07, 6.45) is 2.52. The van der Waals surface area contributed by atoms with E-state index in [1.807, 2.05) is 18.2 Å². The Labute approximate surface area is 97.5 Å². The Morgan fingerprint density at radius 3 is 2.75 bits per heavy atom. The van der Waals surface area contributed by atoms with Gasteiger partial charge >= 0.3 is 0 Å². The molecule has 1 aliphatic heterocycles. The Balaban J connectivity index is 2.32. The third-order valence-electron chi connectivity index (χ3n) is 3.45. The van der Waals surface area contributed by atoms with Gasteiger partial charge in [0.1, 0.15) is 6.07 Å². The van der Waals surface area contributed by atoms with Gasteiger partial charge < -0.3 is 4.90 Å². The molecule has 0 bridgehead atoms. The molecule has 2 nitrogen and oxygen atoms in total. The largest absolute Gasteiger partial charge is 0.367 e. The van der Waals surface area contributed by atoms with E-state index in [1.54, 1.807) is 0 Å². The van der Waals surface area contributed by atoms with Crippen LogP contribution in [0.4, 0.5) is 5.69 Å². The number of anilines is 1. The van der Waals surface area contributed by atoms with Crippen molar-refractivity contribution in [3.63, 3.8) is 0 Å². The molecule has 1 aromatic rings. The van der Waals surface area contributed by atoms with Gasteiger partial charge in [0.15, 0.2) is 0 Å². The maximum atomic E-state index is 9.12. The van der Waals surface area contributed by atoms with E-state index in [0.717, 1.165) is 23.7 Å². The van der Waals surface area contributed by atoms with E-state index in [9.17, 15) is 0 Å². The zero-order chi connectivity index (χ0) is 11.5. The lowest BCUT2D eigenvalue weighted by atomic mass is 9.94. The molecule has 84 valence electrons. The van der Waals surface area contributed by atoms with Gasteiger partial charge in [0.25, 0.3) is 0 Å². The molecule has 0 radical (unpaired) electrons. The summed E-state index contributed by atoms with van der Waals surface area (Å²) < 4.78 is 0. The Morgan fingerprint density at radius 2 is 2.00 bits per heavy atom. The van der Waals surface area contributed by atoms with Crippen LogP contribution in [0, 0.1) is 17.2 Å². The summed E-state index contributed by atoms with van der Waals surface area (Å²) in [5, 5.41) is 9.12. The van der Waals surface area contributed by atoms with Gasteiger partial charge in [-0.2, -0.15) is 5.26 Å². The zero-order valence-electron chi connectivity index (χ0n) is 9.98. The van der Waals surface area contributed by atoms with Crippen molar-refractivity contribution < 1.29 is 0 Å². The molecular weight excluding hydrogens is 196 g/mol. The summed E-state index contributed by atoms with van der Waals surface area (Å²) in [4.78, 5) is 2.38. The van der Waals surface area contributed by atoms with Gasteiger partial charge in [0.2, 0.25) is 0 Å². The monoisotopic (exact) mass is 214 g/mol. The molecule has 0 spiro atoms. The fourth-order valence-electron chi connectivity index (χ4n) is 2.44. The lowest BCUT2D eigenvalue weighted by Crippen LogP contribution is -2.41. The Morgan fingerprint density at radius 1 is 1.25 bits per heavy atom. The van der Waals surface area contributed by atoms with E-state index < -0.39 is 0 Å². The number of rotatable bonds is 1. The number of hydrogen-bond donors (Lipinski definition) is 0. The topological polar surface area (TPSA) is 27.0 Å². The summed E-state index contributed by atoms with van der Waals surface area (Å²) in [6.45, 7) is 5.60. The molecule has 2 rings (SSSR count). The quantitative estimate of drug-likeness (QED) is 0.718. The SMILES string of the molecule is CC1CCC(C)N(c2ccccc2C#N)C1. The smallest absolute Gasteiger partial charge is 0.101 e. The lowest BCUT2D eigenvalue weighted by Gasteiger charge is -2.39. The van der Waals surface area contributed by atoms with E-state index in [2.05, 4.69) is 30.9 Å². The number of nitriles is 1. The first-order valence-electron chi connectivity index (χ1n) is 5.98. The van der Waals surface area contributed by atoms with Crippen LogP contribution >= 0.6 is 0 Å². The average molecular weight is 214 g/mol. The molecule has 1 fully saturated rings. The Hall–Kier alpha value is -1.49. The summed E-state index contributed by atoms with van der Waals surface area (Å²) in [5.41, 5.74) is 1.90. The molecule has 0 N–H and O–H groups in total. The van der Waals surface area contributed by atoms with Crippen LogP contribution in [-0.2, 0) is 0 Å². The molecule has 1 aliphatic rings. The van der Waals surface area contributed by atoms with Crippen molar-refractivity contribution in [2.24, 2.45) is 5.92 Å². The van der Waals surface area contributed by atoms with Crippen LogP contribution in [0.25, 0.3) is 0 Å². The second kappa shape index (κ2) is 4.57. The molecule has 1 aromatic carbocycles. The molecule has 2 heteroatoms. The van der Waals surface area contributed by atoms with Crippen LogP contribution in [0.1, 0.15) is 32.3 Å².